The van der Waals surface area contributed by atoms with E-state index in [-0.39, 0.29) is 0 Å². The SMILES string of the molecule is Cn1cc(Nc2nccc(-c3ccc(NC(=O)C4CC4(F)F)c4[nH]ncc34)n2)cn1. The Morgan fingerprint density at radius 2 is 2.13 bits per heavy atom. The number of anilines is 3. The molecule has 1 fully saturated rings. The number of nitrogens with zero attached hydrogens (tertiary/aromatic N) is 5. The minimum absolute atomic E-state index is 0.390. The molecule has 0 aliphatic heterocycles. The molecule has 0 bridgehead atoms. The zero-order valence-electron chi connectivity index (χ0n) is 15.7. The van der Waals surface area contributed by atoms with Crippen molar-refractivity contribution in [2.45, 2.75) is 12.3 Å². The summed E-state index contributed by atoms with van der Waals surface area (Å²) < 4.78 is 28.0. The van der Waals surface area contributed by atoms with Gasteiger partial charge in [-0.15, -0.1) is 0 Å². The second kappa shape index (κ2) is 6.58. The number of halogens is 2. The van der Waals surface area contributed by atoms with Crippen LogP contribution in [0.4, 0.5) is 26.1 Å². The van der Waals surface area contributed by atoms with Gasteiger partial charge in [0.25, 0.3) is 5.92 Å². The molecule has 30 heavy (non-hydrogen) atoms. The molecular weight excluding hydrogens is 394 g/mol. The average molecular weight is 410 g/mol. The Hall–Kier alpha value is -3.89. The topological polar surface area (TPSA) is 113 Å². The monoisotopic (exact) mass is 410 g/mol. The number of hydrogen-bond acceptors (Lipinski definition) is 6. The first-order chi connectivity index (χ1) is 14.4. The molecule has 0 radical (unpaired) electrons. The third-order valence-electron chi connectivity index (χ3n) is 4.91. The molecule has 3 aromatic heterocycles. The van der Waals surface area contributed by atoms with Crippen molar-refractivity contribution in [3.8, 4) is 11.3 Å². The Morgan fingerprint density at radius 3 is 2.87 bits per heavy atom. The molecule has 0 saturated heterocycles. The van der Waals surface area contributed by atoms with Gasteiger partial charge in [0.15, 0.2) is 0 Å². The van der Waals surface area contributed by atoms with E-state index in [2.05, 4.69) is 35.9 Å². The number of rotatable bonds is 5. The molecule has 11 heteroatoms. The highest BCUT2D eigenvalue weighted by molar-refractivity contribution is 6.06. The summed E-state index contributed by atoms with van der Waals surface area (Å²) in [5.41, 5.74) is 3.06. The summed E-state index contributed by atoms with van der Waals surface area (Å²) in [6.07, 6.45) is 6.26. The zero-order valence-corrected chi connectivity index (χ0v) is 15.7. The van der Waals surface area contributed by atoms with Crippen LogP contribution >= 0.6 is 0 Å². The Labute approximate surface area is 168 Å². The second-order valence-corrected chi connectivity index (χ2v) is 7.12. The first-order valence-corrected chi connectivity index (χ1v) is 9.14. The Bertz CT molecular complexity index is 1260. The van der Waals surface area contributed by atoms with Gasteiger partial charge in [0, 0.05) is 36.8 Å². The molecule has 5 rings (SSSR count). The molecule has 4 aromatic rings. The highest BCUT2D eigenvalue weighted by Crippen LogP contribution is 2.49. The van der Waals surface area contributed by atoms with Crippen molar-refractivity contribution in [1.29, 1.82) is 0 Å². The van der Waals surface area contributed by atoms with Crippen LogP contribution < -0.4 is 10.6 Å². The van der Waals surface area contributed by atoms with Gasteiger partial charge in [-0.05, 0) is 18.2 Å². The van der Waals surface area contributed by atoms with E-state index in [1.807, 2.05) is 7.05 Å². The number of fused-ring (bicyclic) bond motifs is 1. The van der Waals surface area contributed by atoms with Crippen LogP contribution in [-0.2, 0) is 11.8 Å². The predicted octanol–water partition coefficient (Wildman–Crippen LogP) is 3.09. The van der Waals surface area contributed by atoms with E-state index in [1.54, 1.807) is 47.7 Å². The molecule has 1 aliphatic carbocycles. The number of aryl methyl sites for hydroxylation is 1. The van der Waals surface area contributed by atoms with Crippen molar-refractivity contribution < 1.29 is 13.6 Å². The normalized spacial score (nSPS) is 17.1. The maximum Gasteiger partial charge on any atom is 0.260 e. The minimum atomic E-state index is -2.92. The van der Waals surface area contributed by atoms with Gasteiger partial charge in [0.1, 0.15) is 5.92 Å². The van der Waals surface area contributed by atoms with E-state index in [1.165, 1.54) is 0 Å². The number of benzene rings is 1. The number of alkyl halides is 2. The summed E-state index contributed by atoms with van der Waals surface area (Å²) in [5, 5.41) is 17.3. The van der Waals surface area contributed by atoms with Gasteiger partial charge in [-0.25, -0.2) is 18.7 Å². The third-order valence-corrected chi connectivity index (χ3v) is 4.91. The van der Waals surface area contributed by atoms with Crippen molar-refractivity contribution in [2.24, 2.45) is 13.0 Å². The van der Waals surface area contributed by atoms with E-state index in [0.29, 0.717) is 28.2 Å². The molecule has 9 nitrogen and oxygen atoms in total. The predicted molar refractivity (Wildman–Crippen MR) is 105 cm³/mol. The van der Waals surface area contributed by atoms with E-state index < -0.39 is 24.2 Å². The molecule has 1 saturated carbocycles. The summed E-state index contributed by atoms with van der Waals surface area (Å²) in [6.45, 7) is 0. The van der Waals surface area contributed by atoms with Crippen molar-refractivity contribution >= 4 is 34.1 Å². The first-order valence-electron chi connectivity index (χ1n) is 9.14. The van der Waals surface area contributed by atoms with Gasteiger partial charge in [-0.2, -0.15) is 10.2 Å². The molecule has 1 amide bonds. The number of hydrogen-bond donors (Lipinski definition) is 3. The molecule has 3 N–H and O–H groups in total. The van der Waals surface area contributed by atoms with E-state index >= 15 is 0 Å². The van der Waals surface area contributed by atoms with Crippen LogP contribution in [0.3, 0.4) is 0 Å². The summed E-state index contributed by atoms with van der Waals surface area (Å²) in [5.74, 6) is -4.51. The Balaban J connectivity index is 1.45. The van der Waals surface area contributed by atoms with Crippen LogP contribution in [-0.4, -0.2) is 41.8 Å². The highest BCUT2D eigenvalue weighted by atomic mass is 19.3. The molecule has 1 atom stereocenters. The number of amides is 1. The van der Waals surface area contributed by atoms with E-state index in [4.69, 9.17) is 0 Å². The lowest BCUT2D eigenvalue weighted by atomic mass is 10.1. The number of H-pyrrole nitrogens is 1. The highest BCUT2D eigenvalue weighted by Gasteiger charge is 2.61. The molecule has 3 heterocycles. The quantitative estimate of drug-likeness (QED) is 0.466. The van der Waals surface area contributed by atoms with Gasteiger partial charge in [-0.1, -0.05) is 0 Å². The maximum absolute atomic E-state index is 13.2. The van der Waals surface area contributed by atoms with E-state index in [0.717, 1.165) is 11.3 Å². The largest absolute Gasteiger partial charge is 0.324 e. The molecular formula is C19H16F2N8O. The number of nitrogens with one attached hydrogen (secondary N) is 3. The zero-order chi connectivity index (χ0) is 20.9. The van der Waals surface area contributed by atoms with Crippen LogP contribution in [0.25, 0.3) is 22.2 Å². The van der Waals surface area contributed by atoms with Gasteiger partial charge in [0.2, 0.25) is 11.9 Å². The number of carbonyl (C=O) groups is 1. The fourth-order valence-electron chi connectivity index (χ4n) is 3.26. The van der Waals surface area contributed by atoms with Crippen molar-refractivity contribution in [3.05, 3.63) is 43.0 Å². The lowest BCUT2D eigenvalue weighted by molar-refractivity contribution is -0.119. The third kappa shape index (κ3) is 3.23. The van der Waals surface area contributed by atoms with Crippen LogP contribution in [0, 0.1) is 5.92 Å². The summed E-state index contributed by atoms with van der Waals surface area (Å²) in [6, 6.07) is 5.15. The molecule has 1 unspecified atom stereocenters. The summed E-state index contributed by atoms with van der Waals surface area (Å²) >= 11 is 0. The van der Waals surface area contributed by atoms with Crippen molar-refractivity contribution in [2.75, 3.05) is 10.6 Å². The number of aromatic amines is 1. The lowest BCUT2D eigenvalue weighted by Gasteiger charge is -2.10. The smallest absolute Gasteiger partial charge is 0.260 e. The average Bonchev–Trinajstić information content (AvgIpc) is 3.05. The van der Waals surface area contributed by atoms with Gasteiger partial charge >= 0.3 is 0 Å². The van der Waals surface area contributed by atoms with Crippen LogP contribution in [0.5, 0.6) is 0 Å². The van der Waals surface area contributed by atoms with Gasteiger partial charge in [0.05, 0.1) is 35.0 Å². The Morgan fingerprint density at radius 1 is 1.30 bits per heavy atom. The van der Waals surface area contributed by atoms with Gasteiger partial charge in [-0.3, -0.25) is 14.6 Å². The van der Waals surface area contributed by atoms with Gasteiger partial charge < -0.3 is 10.6 Å². The van der Waals surface area contributed by atoms with Crippen LogP contribution in [0.2, 0.25) is 0 Å². The molecule has 0 spiro atoms. The summed E-state index contributed by atoms with van der Waals surface area (Å²) in [4.78, 5) is 20.8. The Kier molecular flexibility index (Phi) is 3.98. The number of aromatic nitrogens is 6. The molecule has 1 aliphatic rings. The van der Waals surface area contributed by atoms with Crippen molar-refractivity contribution in [3.63, 3.8) is 0 Å². The van der Waals surface area contributed by atoms with Crippen molar-refractivity contribution in [1.82, 2.24) is 29.9 Å². The standard InChI is InChI=1S/C19H16F2N8O/c1-29-9-10(7-24-29)25-18-22-5-4-14(27-18)11-2-3-15(16-12(11)8-23-28-16)26-17(30)13-6-19(13,20)21/h2-5,7-9,13H,6H2,1H3,(H,23,28)(H,26,30)(H,22,25,27). The van der Waals surface area contributed by atoms with Crippen LogP contribution in [0.1, 0.15) is 6.42 Å². The maximum atomic E-state index is 13.2. The second-order valence-electron chi connectivity index (χ2n) is 7.12. The minimum Gasteiger partial charge on any atom is -0.324 e. The fourth-order valence-corrected chi connectivity index (χ4v) is 3.26. The molecule has 1 aromatic carbocycles. The first kappa shape index (κ1) is 18.2. The molecule has 152 valence electrons. The van der Waals surface area contributed by atoms with Crippen LogP contribution in [0.15, 0.2) is 43.0 Å². The summed E-state index contributed by atoms with van der Waals surface area (Å²) in [7, 11) is 1.81. The number of carbonyl (C=O) groups excluding carboxylic acids is 1. The fraction of sp³-hybridized carbons (Fsp3) is 0.211. The lowest BCUT2D eigenvalue weighted by Crippen LogP contribution is -2.17. The van der Waals surface area contributed by atoms with E-state index in [9.17, 15) is 13.6 Å².